The Morgan fingerprint density at radius 2 is 1.59 bits per heavy atom. The van der Waals surface area contributed by atoms with Crippen LogP contribution in [0.3, 0.4) is 0 Å². The summed E-state index contributed by atoms with van der Waals surface area (Å²) in [6.07, 6.45) is -2.73. The lowest BCUT2D eigenvalue weighted by molar-refractivity contribution is -0.176. The lowest BCUT2D eigenvalue weighted by Gasteiger charge is -2.29. The van der Waals surface area contributed by atoms with Crippen molar-refractivity contribution in [2.45, 2.75) is 79.3 Å². The maximum atomic E-state index is 12.9. The molecule has 1 aliphatic heterocycles. The molecule has 0 saturated carbocycles. The van der Waals surface area contributed by atoms with Crippen LogP contribution < -0.4 is 5.32 Å². The third kappa shape index (κ3) is 6.65. The summed E-state index contributed by atoms with van der Waals surface area (Å²) < 4.78 is 24.7. The molecule has 3 rings (SSSR count). The van der Waals surface area contributed by atoms with Crippen LogP contribution in [0, 0.1) is 35.0 Å². The second-order valence-electron chi connectivity index (χ2n) is 11.2. The summed E-state index contributed by atoms with van der Waals surface area (Å²) in [5.41, 5.74) is -1.29. The predicted molar refractivity (Wildman–Crippen MR) is 144 cm³/mol. The van der Waals surface area contributed by atoms with Crippen molar-refractivity contribution in [3.05, 3.63) is 24.2 Å². The highest BCUT2D eigenvalue weighted by Crippen LogP contribution is 2.44. The van der Waals surface area contributed by atoms with E-state index in [4.69, 9.17) is 18.9 Å². The van der Waals surface area contributed by atoms with Crippen molar-refractivity contribution in [1.29, 1.82) is 5.26 Å². The number of esters is 3. The van der Waals surface area contributed by atoms with Crippen LogP contribution in [0.2, 0.25) is 0 Å². The van der Waals surface area contributed by atoms with Crippen LogP contribution in [0.25, 0.3) is 5.52 Å². The Labute approximate surface area is 238 Å². The first-order valence-corrected chi connectivity index (χ1v) is 13.5. The number of hydrogen-bond acceptors (Lipinski definition) is 11. The monoisotopic (exact) mass is 571 g/mol. The molecular formula is C28H37N5O8. The van der Waals surface area contributed by atoms with Crippen LogP contribution in [0.1, 0.15) is 67.2 Å². The second-order valence-corrected chi connectivity index (χ2v) is 11.2. The molecule has 222 valence electrons. The summed E-state index contributed by atoms with van der Waals surface area (Å²) in [7, 11) is 0. The number of rotatable bonds is 10. The molecule has 0 radical (unpaired) electrons. The molecule has 2 aromatic rings. The summed E-state index contributed by atoms with van der Waals surface area (Å²) in [6.45, 7) is 12.6. The van der Waals surface area contributed by atoms with Crippen LogP contribution in [0.15, 0.2) is 18.5 Å². The number of nitrogens with one attached hydrogen (secondary N) is 1. The molecule has 13 nitrogen and oxygen atoms in total. The number of hydrogen-bond donors (Lipinski definition) is 1. The molecule has 0 aliphatic carbocycles. The molecule has 1 N–H and O–H groups in total. The first-order valence-electron chi connectivity index (χ1n) is 13.5. The van der Waals surface area contributed by atoms with Crippen LogP contribution >= 0.6 is 0 Å². The third-order valence-corrected chi connectivity index (χ3v) is 6.46. The van der Waals surface area contributed by atoms with Crippen molar-refractivity contribution in [3.63, 3.8) is 0 Å². The van der Waals surface area contributed by atoms with Gasteiger partial charge in [0.1, 0.15) is 30.6 Å². The molecule has 1 fully saturated rings. The predicted octanol–water partition coefficient (Wildman–Crippen LogP) is 2.99. The number of anilines is 1. The van der Waals surface area contributed by atoms with Gasteiger partial charge in [-0.3, -0.25) is 19.2 Å². The first-order chi connectivity index (χ1) is 19.2. The number of amides is 1. The zero-order valence-corrected chi connectivity index (χ0v) is 24.5. The number of carbonyl (C=O) groups excluding carboxylic acids is 4. The Morgan fingerprint density at radius 3 is 2.15 bits per heavy atom. The number of carbonyl (C=O) groups is 4. The summed E-state index contributed by atoms with van der Waals surface area (Å²) in [6, 6.07) is 5.27. The van der Waals surface area contributed by atoms with Gasteiger partial charge >= 0.3 is 17.9 Å². The minimum atomic E-state index is -2.02. The van der Waals surface area contributed by atoms with Gasteiger partial charge in [0.05, 0.1) is 23.4 Å². The van der Waals surface area contributed by atoms with Crippen molar-refractivity contribution < 1.29 is 38.1 Å². The maximum Gasteiger partial charge on any atom is 0.308 e. The fraction of sp³-hybridized carbons (Fsp3) is 0.607. The summed E-state index contributed by atoms with van der Waals surface area (Å²) in [5.74, 6) is -3.86. The molecule has 4 atom stereocenters. The first kappa shape index (κ1) is 31.5. The quantitative estimate of drug-likeness (QED) is 0.328. The van der Waals surface area contributed by atoms with Gasteiger partial charge in [-0.2, -0.15) is 10.4 Å². The van der Waals surface area contributed by atoms with E-state index < -0.39 is 66.2 Å². The average Bonchev–Trinajstić information content (AvgIpc) is 3.47. The Kier molecular flexibility index (Phi) is 9.70. The van der Waals surface area contributed by atoms with Gasteiger partial charge in [-0.05, 0) is 12.1 Å². The van der Waals surface area contributed by atoms with E-state index >= 15 is 0 Å². The molecule has 13 heteroatoms. The minimum Gasteiger partial charge on any atom is -0.461 e. The van der Waals surface area contributed by atoms with Gasteiger partial charge in [-0.15, -0.1) is 0 Å². The summed E-state index contributed by atoms with van der Waals surface area (Å²) in [4.78, 5) is 54.6. The van der Waals surface area contributed by atoms with Crippen molar-refractivity contribution in [2.24, 2.45) is 23.7 Å². The van der Waals surface area contributed by atoms with E-state index in [0.717, 1.165) is 0 Å². The summed E-state index contributed by atoms with van der Waals surface area (Å²) >= 11 is 0. The lowest BCUT2D eigenvalue weighted by atomic mass is 9.95. The highest BCUT2D eigenvalue weighted by atomic mass is 16.7. The van der Waals surface area contributed by atoms with E-state index in [9.17, 15) is 24.4 Å². The molecule has 2 aromatic heterocycles. The van der Waals surface area contributed by atoms with E-state index in [0.29, 0.717) is 11.2 Å². The normalized spacial score (nSPS) is 22.3. The van der Waals surface area contributed by atoms with Gasteiger partial charge in [0.15, 0.2) is 18.0 Å². The molecule has 0 aromatic carbocycles. The Hall–Kier alpha value is -4.05. The fourth-order valence-corrected chi connectivity index (χ4v) is 3.94. The van der Waals surface area contributed by atoms with Crippen molar-refractivity contribution in [1.82, 2.24) is 14.6 Å². The van der Waals surface area contributed by atoms with Crippen molar-refractivity contribution in [3.8, 4) is 6.07 Å². The molecule has 0 bridgehead atoms. The molecule has 0 unspecified atom stereocenters. The smallest absolute Gasteiger partial charge is 0.308 e. The lowest BCUT2D eigenvalue weighted by Crippen LogP contribution is -2.50. The average molecular weight is 572 g/mol. The van der Waals surface area contributed by atoms with Crippen LogP contribution in [0.4, 0.5) is 5.82 Å². The van der Waals surface area contributed by atoms with Crippen molar-refractivity contribution in [2.75, 3.05) is 11.9 Å². The molecule has 1 aliphatic rings. The van der Waals surface area contributed by atoms with Crippen LogP contribution in [0.5, 0.6) is 0 Å². The van der Waals surface area contributed by atoms with E-state index in [1.807, 2.05) is 6.07 Å². The van der Waals surface area contributed by atoms with Gasteiger partial charge in [0.2, 0.25) is 11.5 Å². The third-order valence-electron chi connectivity index (χ3n) is 6.46. The number of nitriles is 1. The van der Waals surface area contributed by atoms with Crippen molar-refractivity contribution >= 4 is 35.1 Å². The number of aromatic nitrogens is 3. The summed E-state index contributed by atoms with van der Waals surface area (Å²) in [5, 5.41) is 17.4. The Bertz CT molecular complexity index is 1340. The highest BCUT2D eigenvalue weighted by Gasteiger charge is 2.62. The topological polar surface area (TPSA) is 171 Å². The fourth-order valence-electron chi connectivity index (χ4n) is 3.94. The van der Waals surface area contributed by atoms with E-state index in [2.05, 4.69) is 15.4 Å². The maximum absolute atomic E-state index is 12.9. The van der Waals surface area contributed by atoms with E-state index in [1.165, 1.54) is 10.8 Å². The number of ether oxygens (including phenoxy) is 4. The molecular weight excluding hydrogens is 534 g/mol. The molecule has 1 amide bonds. The zero-order valence-electron chi connectivity index (χ0n) is 24.5. The van der Waals surface area contributed by atoms with Gasteiger partial charge in [-0.1, -0.05) is 55.4 Å². The van der Waals surface area contributed by atoms with Gasteiger partial charge < -0.3 is 24.3 Å². The molecule has 1 saturated heterocycles. The highest BCUT2D eigenvalue weighted by molar-refractivity contribution is 5.94. The zero-order chi connectivity index (χ0) is 30.6. The van der Waals surface area contributed by atoms with Crippen LogP contribution in [-0.2, 0) is 38.1 Å². The van der Waals surface area contributed by atoms with E-state index in [1.54, 1.807) is 67.5 Å². The van der Waals surface area contributed by atoms with Gasteiger partial charge in [0, 0.05) is 5.92 Å². The SMILES string of the molecule is CC(C)C(=O)Nc1ncnn2c([C@@H]3O[C@](C#N)(COC(=O)C(C)C)[C@@H](OC(=O)C(C)C)[C@H]3OC(=O)C(C)C)ccc12. The standard InChI is InChI=1S/C28H37N5O8/c1-14(2)24(34)32-23-19-10-9-18(33(19)31-13-30-23)20-21(39-26(36)16(5)6)22(40-27(37)17(7)8)28(11-29,41-20)12-38-25(35)15(3)4/h9-10,13-17,20-22H,12H2,1-8H3,(H,30,31,32,34)/t20-,21-,22-,28+/m0/s1. The number of fused-ring (bicyclic) bond motifs is 1. The Morgan fingerprint density at radius 1 is 0.976 bits per heavy atom. The van der Waals surface area contributed by atoms with E-state index in [-0.39, 0.29) is 17.6 Å². The van der Waals surface area contributed by atoms with Gasteiger partial charge in [0.25, 0.3) is 0 Å². The second kappa shape index (κ2) is 12.6. The molecule has 3 heterocycles. The largest absolute Gasteiger partial charge is 0.461 e. The number of nitrogens with zero attached hydrogens (tertiary/aromatic N) is 4. The Balaban J connectivity index is 2.16. The molecule has 0 spiro atoms. The van der Waals surface area contributed by atoms with Crippen LogP contribution in [-0.4, -0.2) is 62.8 Å². The van der Waals surface area contributed by atoms with Gasteiger partial charge in [-0.25, -0.2) is 9.50 Å². The molecule has 41 heavy (non-hydrogen) atoms. The minimum absolute atomic E-state index is 0.235.